The molecule has 0 radical (unpaired) electrons. The van der Waals surface area contributed by atoms with E-state index in [0.29, 0.717) is 39.9 Å². The molecule has 1 aliphatic heterocycles. The number of piperidine rings is 1. The molecule has 0 aliphatic carbocycles. The van der Waals surface area contributed by atoms with Gasteiger partial charge in [0.05, 0.1) is 6.54 Å². The molecule has 10 heteroatoms. The van der Waals surface area contributed by atoms with Crippen LogP contribution in [0.4, 0.5) is 0 Å². The largest absolute Gasteiger partial charge is 0.355 e. The van der Waals surface area contributed by atoms with Crippen molar-refractivity contribution in [1.29, 1.82) is 0 Å². The number of hydrogen-bond acceptors (Lipinski definition) is 6. The predicted octanol–water partition coefficient (Wildman–Crippen LogP) is 5.96. The Hall–Kier alpha value is -1.77. The average molecular weight is 540 g/mol. The third-order valence-corrected chi connectivity index (χ3v) is 7.55. The second-order valence-corrected chi connectivity index (χ2v) is 10.5. The van der Waals surface area contributed by atoms with E-state index in [1.165, 1.54) is 0 Å². The molecule has 1 aromatic heterocycles. The summed E-state index contributed by atoms with van der Waals surface area (Å²) in [6, 6.07) is 12.9. The third kappa shape index (κ3) is 7.12. The Bertz CT molecular complexity index is 1100. The molecular formula is C24H25Cl3N4O2S. The van der Waals surface area contributed by atoms with Crippen LogP contribution in [0.25, 0.3) is 11.4 Å². The lowest BCUT2D eigenvalue weighted by Crippen LogP contribution is -2.40. The Balaban J connectivity index is 1.14. The first kappa shape index (κ1) is 25.3. The number of carbonyl (C=O) groups excluding carboxylic acids is 1. The number of likely N-dealkylation sites (tertiary alicyclic amines) is 1. The van der Waals surface area contributed by atoms with Gasteiger partial charge >= 0.3 is 0 Å². The Morgan fingerprint density at radius 2 is 1.82 bits per heavy atom. The molecule has 2 aromatic carbocycles. The molecule has 2 heterocycles. The maximum absolute atomic E-state index is 12.5. The molecule has 0 unspecified atom stereocenters. The van der Waals surface area contributed by atoms with Gasteiger partial charge in [-0.3, -0.25) is 9.69 Å². The van der Waals surface area contributed by atoms with Gasteiger partial charge in [0.1, 0.15) is 0 Å². The van der Waals surface area contributed by atoms with Crippen molar-refractivity contribution in [2.75, 3.05) is 25.4 Å². The molecule has 6 nitrogen and oxygen atoms in total. The standard InChI is InChI=1S/C24H25Cl3N4O2S/c25-19-4-1-16(2-5-19)23-29-22(33-30-23)14-31-10-7-17(8-11-31)24(32)28-9-12-34-15-18-3-6-20(26)13-21(18)27/h1-6,13,17H,7-12,14-15H2,(H,28,32). The molecule has 1 fully saturated rings. The number of hydrogen-bond donors (Lipinski definition) is 1. The zero-order chi connectivity index (χ0) is 23.9. The molecule has 1 saturated heterocycles. The second-order valence-electron chi connectivity index (χ2n) is 8.15. The molecule has 34 heavy (non-hydrogen) atoms. The molecule has 1 aliphatic rings. The SMILES string of the molecule is O=C(NCCSCc1ccc(Cl)cc1Cl)C1CCN(Cc2nc(-c3ccc(Cl)cc3)no2)CC1. The summed E-state index contributed by atoms with van der Waals surface area (Å²) in [6.07, 6.45) is 1.63. The van der Waals surface area contributed by atoms with Gasteiger partial charge < -0.3 is 9.84 Å². The minimum Gasteiger partial charge on any atom is -0.355 e. The van der Waals surface area contributed by atoms with Gasteiger partial charge in [0.25, 0.3) is 0 Å². The number of rotatable bonds is 9. The Morgan fingerprint density at radius 3 is 2.56 bits per heavy atom. The second kappa shape index (κ2) is 12.3. The molecule has 0 saturated carbocycles. The molecule has 0 bridgehead atoms. The lowest BCUT2D eigenvalue weighted by Gasteiger charge is -2.30. The number of nitrogens with one attached hydrogen (secondary N) is 1. The molecule has 1 N–H and O–H groups in total. The number of thioether (sulfide) groups is 1. The van der Waals surface area contributed by atoms with Crippen LogP contribution in [0.3, 0.4) is 0 Å². The van der Waals surface area contributed by atoms with Gasteiger partial charge in [-0.05, 0) is 67.9 Å². The van der Waals surface area contributed by atoms with E-state index < -0.39 is 0 Å². The Kier molecular flexibility index (Phi) is 9.14. The van der Waals surface area contributed by atoms with Crippen molar-refractivity contribution >= 4 is 52.5 Å². The van der Waals surface area contributed by atoms with E-state index in [4.69, 9.17) is 39.3 Å². The first-order valence-electron chi connectivity index (χ1n) is 11.1. The topological polar surface area (TPSA) is 71.3 Å². The fourth-order valence-corrected chi connectivity index (χ4v) is 5.33. The zero-order valence-corrected chi connectivity index (χ0v) is 21.6. The highest BCUT2D eigenvalue weighted by Crippen LogP contribution is 2.25. The Labute approximate surface area is 218 Å². The highest BCUT2D eigenvalue weighted by atomic mass is 35.5. The summed E-state index contributed by atoms with van der Waals surface area (Å²) in [7, 11) is 0. The van der Waals surface area contributed by atoms with Crippen LogP contribution in [0.15, 0.2) is 47.0 Å². The van der Waals surface area contributed by atoms with Crippen LogP contribution in [0.2, 0.25) is 15.1 Å². The van der Waals surface area contributed by atoms with Crippen molar-refractivity contribution in [3.05, 3.63) is 69.0 Å². The molecule has 180 valence electrons. The molecule has 4 rings (SSSR count). The van der Waals surface area contributed by atoms with E-state index in [0.717, 1.165) is 48.6 Å². The van der Waals surface area contributed by atoms with E-state index in [9.17, 15) is 4.79 Å². The van der Waals surface area contributed by atoms with Crippen LogP contribution in [-0.2, 0) is 17.1 Å². The number of halogens is 3. The summed E-state index contributed by atoms with van der Waals surface area (Å²) < 4.78 is 5.42. The molecule has 0 atom stereocenters. The van der Waals surface area contributed by atoms with E-state index in [1.54, 1.807) is 30.0 Å². The van der Waals surface area contributed by atoms with Crippen LogP contribution in [0, 0.1) is 5.92 Å². The van der Waals surface area contributed by atoms with Gasteiger partial charge in [-0.25, -0.2) is 0 Å². The van der Waals surface area contributed by atoms with Gasteiger partial charge in [0.15, 0.2) is 0 Å². The van der Waals surface area contributed by atoms with Crippen molar-refractivity contribution in [2.24, 2.45) is 5.92 Å². The van der Waals surface area contributed by atoms with Crippen LogP contribution in [-0.4, -0.2) is 46.3 Å². The summed E-state index contributed by atoms with van der Waals surface area (Å²) in [5.41, 5.74) is 1.92. The number of amides is 1. The smallest absolute Gasteiger partial charge is 0.241 e. The quantitative estimate of drug-likeness (QED) is 0.338. The van der Waals surface area contributed by atoms with Crippen LogP contribution >= 0.6 is 46.6 Å². The summed E-state index contributed by atoms with van der Waals surface area (Å²) in [5.74, 6) is 2.92. The average Bonchev–Trinajstić information content (AvgIpc) is 3.29. The predicted molar refractivity (Wildman–Crippen MR) is 138 cm³/mol. The van der Waals surface area contributed by atoms with E-state index >= 15 is 0 Å². The maximum Gasteiger partial charge on any atom is 0.241 e. The summed E-state index contributed by atoms with van der Waals surface area (Å²) >= 11 is 19.8. The van der Waals surface area contributed by atoms with E-state index in [-0.39, 0.29) is 11.8 Å². The number of carbonyl (C=O) groups is 1. The first-order valence-corrected chi connectivity index (χ1v) is 13.4. The van der Waals surface area contributed by atoms with Gasteiger partial charge in [0, 0.05) is 44.6 Å². The maximum atomic E-state index is 12.5. The summed E-state index contributed by atoms with van der Waals surface area (Å²) in [4.78, 5) is 19.3. The van der Waals surface area contributed by atoms with Crippen molar-refractivity contribution < 1.29 is 9.32 Å². The zero-order valence-electron chi connectivity index (χ0n) is 18.5. The monoisotopic (exact) mass is 538 g/mol. The highest BCUT2D eigenvalue weighted by Gasteiger charge is 2.25. The van der Waals surface area contributed by atoms with E-state index in [1.807, 2.05) is 24.3 Å². The van der Waals surface area contributed by atoms with Gasteiger partial charge in [-0.15, -0.1) is 0 Å². The van der Waals surface area contributed by atoms with E-state index in [2.05, 4.69) is 20.4 Å². The number of nitrogens with zero attached hydrogens (tertiary/aromatic N) is 3. The Morgan fingerprint density at radius 1 is 1.09 bits per heavy atom. The highest BCUT2D eigenvalue weighted by molar-refractivity contribution is 7.98. The lowest BCUT2D eigenvalue weighted by atomic mass is 9.96. The fourth-order valence-electron chi connectivity index (χ4n) is 3.79. The number of benzene rings is 2. The molecular weight excluding hydrogens is 515 g/mol. The summed E-state index contributed by atoms with van der Waals surface area (Å²) in [5, 5.41) is 9.12. The van der Waals surface area contributed by atoms with Gasteiger partial charge in [-0.1, -0.05) is 46.0 Å². The lowest BCUT2D eigenvalue weighted by molar-refractivity contribution is -0.126. The van der Waals surface area contributed by atoms with Crippen molar-refractivity contribution in [1.82, 2.24) is 20.4 Å². The fraction of sp³-hybridized carbons (Fsp3) is 0.375. The third-order valence-electron chi connectivity index (χ3n) is 5.71. The van der Waals surface area contributed by atoms with Crippen LogP contribution in [0.5, 0.6) is 0 Å². The van der Waals surface area contributed by atoms with Crippen LogP contribution in [0.1, 0.15) is 24.3 Å². The normalized spacial score (nSPS) is 14.9. The number of aromatic nitrogens is 2. The minimum atomic E-state index is 0.0410. The minimum absolute atomic E-state index is 0.0410. The van der Waals surface area contributed by atoms with Gasteiger partial charge in [-0.2, -0.15) is 16.7 Å². The molecule has 0 spiro atoms. The van der Waals surface area contributed by atoms with Crippen molar-refractivity contribution in [3.63, 3.8) is 0 Å². The van der Waals surface area contributed by atoms with Crippen molar-refractivity contribution in [3.8, 4) is 11.4 Å². The first-order chi connectivity index (χ1) is 16.5. The van der Waals surface area contributed by atoms with Gasteiger partial charge in [0.2, 0.25) is 17.6 Å². The van der Waals surface area contributed by atoms with Crippen molar-refractivity contribution in [2.45, 2.75) is 25.1 Å². The summed E-state index contributed by atoms with van der Waals surface area (Å²) in [6.45, 7) is 2.87. The molecule has 1 amide bonds. The van der Waals surface area contributed by atoms with Crippen LogP contribution < -0.4 is 5.32 Å². The molecule has 3 aromatic rings.